The van der Waals surface area contributed by atoms with Gasteiger partial charge in [0.1, 0.15) is 5.82 Å². The molecule has 0 spiro atoms. The minimum atomic E-state index is -4.05. The summed E-state index contributed by atoms with van der Waals surface area (Å²) < 4.78 is 40.8. The van der Waals surface area contributed by atoms with Crippen molar-refractivity contribution in [2.75, 3.05) is 0 Å². The third kappa shape index (κ3) is 4.05. The Hall–Kier alpha value is -1.93. The molecule has 2 rings (SSSR count). The van der Waals surface area contributed by atoms with Gasteiger partial charge in [-0.25, -0.2) is 17.5 Å². The number of aromatic nitrogens is 2. The van der Waals surface area contributed by atoms with Crippen LogP contribution in [0.15, 0.2) is 30.6 Å². The molecule has 0 atom stereocenters. The number of hydrogen-bond acceptors (Lipinski definition) is 4. The maximum absolute atomic E-state index is 13.6. The molecule has 9 heteroatoms. The summed E-state index contributed by atoms with van der Waals surface area (Å²) in [6, 6.07) is 3.58. The van der Waals surface area contributed by atoms with Crippen molar-refractivity contribution < 1.29 is 17.6 Å². The highest BCUT2D eigenvalue weighted by Gasteiger charge is 2.20. The SMILES string of the molecule is CCn1cc(C(=O)NS(=O)(=O)Cc2cc(Cl)ccc2F)cn1. The Morgan fingerprint density at radius 1 is 1.45 bits per heavy atom. The highest BCUT2D eigenvalue weighted by atomic mass is 35.5. The van der Waals surface area contributed by atoms with E-state index in [2.05, 4.69) is 5.10 Å². The van der Waals surface area contributed by atoms with E-state index in [-0.39, 0.29) is 16.1 Å². The van der Waals surface area contributed by atoms with Crippen LogP contribution in [0.25, 0.3) is 0 Å². The third-order valence-corrected chi connectivity index (χ3v) is 4.24. The third-order valence-electron chi connectivity index (χ3n) is 2.82. The fraction of sp³-hybridized carbons (Fsp3) is 0.231. The van der Waals surface area contributed by atoms with E-state index in [1.54, 1.807) is 0 Å². The molecule has 1 N–H and O–H groups in total. The Labute approximate surface area is 131 Å². The first kappa shape index (κ1) is 16.4. The van der Waals surface area contributed by atoms with Gasteiger partial charge >= 0.3 is 0 Å². The Morgan fingerprint density at radius 3 is 2.82 bits per heavy atom. The van der Waals surface area contributed by atoms with Crippen molar-refractivity contribution in [2.24, 2.45) is 0 Å². The minimum Gasteiger partial charge on any atom is -0.272 e. The minimum absolute atomic E-state index is 0.108. The molecule has 1 aromatic carbocycles. The lowest BCUT2D eigenvalue weighted by Gasteiger charge is -2.07. The summed E-state index contributed by atoms with van der Waals surface area (Å²) in [7, 11) is -4.05. The standard InChI is InChI=1S/C13H13ClFN3O3S/c1-2-18-7-10(6-16-18)13(19)17-22(20,21)8-9-5-11(14)3-4-12(9)15/h3-7H,2,8H2,1H3,(H,17,19). The maximum Gasteiger partial charge on any atom is 0.267 e. The highest BCUT2D eigenvalue weighted by Crippen LogP contribution is 2.17. The van der Waals surface area contributed by atoms with Gasteiger partial charge in [-0.05, 0) is 25.1 Å². The summed E-state index contributed by atoms with van der Waals surface area (Å²) in [5, 5.41) is 4.09. The second-order valence-electron chi connectivity index (χ2n) is 4.51. The van der Waals surface area contributed by atoms with Crippen LogP contribution >= 0.6 is 11.6 Å². The van der Waals surface area contributed by atoms with Gasteiger partial charge in [-0.3, -0.25) is 9.48 Å². The fourth-order valence-electron chi connectivity index (χ4n) is 1.75. The Morgan fingerprint density at radius 2 is 2.18 bits per heavy atom. The summed E-state index contributed by atoms with van der Waals surface area (Å²) in [6.45, 7) is 2.38. The molecule has 0 aliphatic rings. The molecule has 0 unspecified atom stereocenters. The number of hydrogen-bond donors (Lipinski definition) is 1. The lowest BCUT2D eigenvalue weighted by molar-refractivity contribution is 0.0981. The zero-order chi connectivity index (χ0) is 16.3. The van der Waals surface area contributed by atoms with E-state index in [0.717, 1.165) is 6.07 Å². The van der Waals surface area contributed by atoms with E-state index in [0.29, 0.717) is 6.54 Å². The lowest BCUT2D eigenvalue weighted by atomic mass is 10.2. The van der Waals surface area contributed by atoms with Crippen LogP contribution in [0, 0.1) is 5.82 Å². The average molecular weight is 346 g/mol. The van der Waals surface area contributed by atoms with Crippen molar-refractivity contribution in [3.63, 3.8) is 0 Å². The molecule has 6 nitrogen and oxygen atoms in total. The fourth-order valence-corrected chi connectivity index (χ4v) is 3.05. The van der Waals surface area contributed by atoms with E-state index in [1.165, 1.54) is 29.2 Å². The van der Waals surface area contributed by atoms with Crippen LogP contribution in [-0.4, -0.2) is 24.1 Å². The molecular formula is C13H13ClFN3O3S. The predicted octanol–water partition coefficient (Wildman–Crippen LogP) is 1.96. The van der Waals surface area contributed by atoms with Crippen LogP contribution in [-0.2, 0) is 22.3 Å². The van der Waals surface area contributed by atoms with Gasteiger partial charge in [0.15, 0.2) is 0 Å². The maximum atomic E-state index is 13.6. The molecule has 0 bridgehead atoms. The zero-order valence-corrected chi connectivity index (χ0v) is 13.2. The Bertz CT molecular complexity index is 805. The van der Waals surface area contributed by atoms with Crippen LogP contribution in [0.4, 0.5) is 4.39 Å². The first-order chi connectivity index (χ1) is 10.3. The molecule has 2 aromatic rings. The van der Waals surface area contributed by atoms with E-state index < -0.39 is 27.5 Å². The van der Waals surface area contributed by atoms with Crippen LogP contribution in [0.2, 0.25) is 5.02 Å². The predicted molar refractivity (Wildman–Crippen MR) is 79.4 cm³/mol. The molecule has 0 saturated heterocycles. The number of nitrogens with one attached hydrogen (secondary N) is 1. The molecule has 118 valence electrons. The van der Waals surface area contributed by atoms with E-state index in [1.807, 2.05) is 11.6 Å². The van der Waals surface area contributed by atoms with Crippen LogP contribution in [0.5, 0.6) is 0 Å². The quantitative estimate of drug-likeness (QED) is 0.898. The van der Waals surface area contributed by atoms with Crippen LogP contribution < -0.4 is 4.72 Å². The van der Waals surface area contributed by atoms with Crippen molar-refractivity contribution in [3.05, 3.63) is 52.6 Å². The molecule has 1 heterocycles. The number of rotatable bonds is 5. The summed E-state index contributed by atoms with van der Waals surface area (Å²) in [6.07, 6.45) is 2.68. The van der Waals surface area contributed by atoms with E-state index in [9.17, 15) is 17.6 Å². The van der Waals surface area contributed by atoms with Gasteiger partial charge < -0.3 is 0 Å². The van der Waals surface area contributed by atoms with Crippen LogP contribution in [0.3, 0.4) is 0 Å². The smallest absolute Gasteiger partial charge is 0.267 e. The van der Waals surface area contributed by atoms with Crippen molar-refractivity contribution in [3.8, 4) is 0 Å². The van der Waals surface area contributed by atoms with Gasteiger partial charge in [-0.1, -0.05) is 11.6 Å². The molecule has 0 aliphatic heterocycles. The largest absolute Gasteiger partial charge is 0.272 e. The topological polar surface area (TPSA) is 81.1 Å². The average Bonchev–Trinajstić information content (AvgIpc) is 2.91. The van der Waals surface area contributed by atoms with Crippen molar-refractivity contribution in [1.29, 1.82) is 0 Å². The first-order valence-corrected chi connectivity index (χ1v) is 8.35. The van der Waals surface area contributed by atoms with Gasteiger partial charge in [0, 0.05) is 23.3 Å². The molecule has 0 fully saturated rings. The summed E-state index contributed by atoms with van der Waals surface area (Å²) in [4.78, 5) is 11.9. The molecule has 1 amide bonds. The summed E-state index contributed by atoms with van der Waals surface area (Å²) in [5.74, 6) is -2.21. The van der Waals surface area contributed by atoms with Crippen molar-refractivity contribution >= 4 is 27.5 Å². The number of amides is 1. The van der Waals surface area contributed by atoms with Crippen LogP contribution in [0.1, 0.15) is 22.8 Å². The monoisotopic (exact) mass is 345 g/mol. The number of sulfonamides is 1. The van der Waals surface area contributed by atoms with E-state index in [4.69, 9.17) is 11.6 Å². The molecule has 0 saturated carbocycles. The summed E-state index contributed by atoms with van der Waals surface area (Å²) in [5.41, 5.74) is -0.00551. The van der Waals surface area contributed by atoms with Crippen molar-refractivity contribution in [2.45, 2.75) is 19.2 Å². The number of carbonyl (C=O) groups excluding carboxylic acids is 1. The number of aryl methyl sites for hydroxylation is 1. The first-order valence-electron chi connectivity index (χ1n) is 6.32. The molecule has 0 aliphatic carbocycles. The molecular weight excluding hydrogens is 333 g/mol. The van der Waals surface area contributed by atoms with Gasteiger partial charge in [-0.2, -0.15) is 5.10 Å². The second kappa shape index (κ2) is 6.45. The van der Waals surface area contributed by atoms with Gasteiger partial charge in [0.25, 0.3) is 5.91 Å². The summed E-state index contributed by atoms with van der Waals surface area (Å²) >= 11 is 5.71. The number of benzene rings is 1. The lowest BCUT2D eigenvalue weighted by Crippen LogP contribution is -2.31. The normalized spacial score (nSPS) is 11.4. The zero-order valence-electron chi connectivity index (χ0n) is 11.6. The molecule has 1 aromatic heterocycles. The molecule has 0 radical (unpaired) electrons. The Balaban J connectivity index is 2.13. The molecule has 22 heavy (non-hydrogen) atoms. The number of carbonyl (C=O) groups is 1. The van der Waals surface area contributed by atoms with Crippen molar-refractivity contribution in [1.82, 2.24) is 14.5 Å². The van der Waals surface area contributed by atoms with Gasteiger partial charge in [0.05, 0.1) is 17.5 Å². The van der Waals surface area contributed by atoms with Gasteiger partial charge in [-0.15, -0.1) is 0 Å². The van der Waals surface area contributed by atoms with Gasteiger partial charge in [0.2, 0.25) is 10.0 Å². The van der Waals surface area contributed by atoms with E-state index >= 15 is 0 Å². The highest BCUT2D eigenvalue weighted by molar-refractivity contribution is 7.89. The number of halogens is 2. The second-order valence-corrected chi connectivity index (χ2v) is 6.67. The number of nitrogens with zero attached hydrogens (tertiary/aromatic N) is 2. The Kier molecular flexibility index (Phi) is 4.82.